The Morgan fingerprint density at radius 3 is 2.55 bits per heavy atom. The molecule has 1 rings (SSSR count). The lowest BCUT2D eigenvalue weighted by Crippen LogP contribution is -2.29. The summed E-state index contributed by atoms with van der Waals surface area (Å²) in [4.78, 5) is 25.0. The molecule has 2 amide bonds. The smallest absolute Gasteiger partial charge is 0.256 e. The van der Waals surface area contributed by atoms with Crippen molar-refractivity contribution in [3.63, 3.8) is 0 Å². The van der Waals surface area contributed by atoms with Crippen molar-refractivity contribution < 1.29 is 14.0 Å². The van der Waals surface area contributed by atoms with E-state index in [-0.39, 0.29) is 17.4 Å². The van der Waals surface area contributed by atoms with Crippen molar-refractivity contribution in [2.24, 2.45) is 5.92 Å². The summed E-state index contributed by atoms with van der Waals surface area (Å²) in [5.41, 5.74) is 0.346. The summed E-state index contributed by atoms with van der Waals surface area (Å²) in [6, 6.07) is 3.96. The maximum atomic E-state index is 13.6. The number of rotatable bonds is 5. The first-order valence-corrected chi connectivity index (χ1v) is 6.33. The minimum Gasteiger partial charge on any atom is -0.345 e. The van der Waals surface area contributed by atoms with Crippen molar-refractivity contribution in [2.75, 3.05) is 33.0 Å². The minimum atomic E-state index is -0.607. The molecule has 1 aromatic rings. The zero-order valence-electron chi connectivity index (χ0n) is 12.2. The monoisotopic (exact) mass is 281 g/mol. The number of benzene rings is 1. The summed E-state index contributed by atoms with van der Waals surface area (Å²) >= 11 is 0. The van der Waals surface area contributed by atoms with Crippen LogP contribution in [0.15, 0.2) is 18.2 Å². The fraction of sp³-hybridized carbons (Fsp3) is 0.429. The summed E-state index contributed by atoms with van der Waals surface area (Å²) in [5.74, 6) is -1.46. The van der Waals surface area contributed by atoms with Gasteiger partial charge < -0.3 is 15.5 Å². The van der Waals surface area contributed by atoms with Crippen LogP contribution in [0.5, 0.6) is 0 Å². The molecule has 5 nitrogen and oxygen atoms in total. The van der Waals surface area contributed by atoms with Crippen molar-refractivity contribution in [2.45, 2.75) is 6.92 Å². The number of anilines is 1. The third kappa shape index (κ3) is 4.03. The molecule has 0 spiro atoms. The Hall–Kier alpha value is -1.95. The number of hydrogen-bond acceptors (Lipinski definition) is 3. The van der Waals surface area contributed by atoms with Crippen LogP contribution in [0.25, 0.3) is 0 Å². The van der Waals surface area contributed by atoms with Crippen molar-refractivity contribution in [1.29, 1.82) is 0 Å². The lowest BCUT2D eigenvalue weighted by Gasteiger charge is -2.14. The Bertz CT molecular complexity index is 503. The topological polar surface area (TPSA) is 61.4 Å². The molecule has 0 heterocycles. The van der Waals surface area contributed by atoms with Crippen molar-refractivity contribution in [3.05, 3.63) is 29.6 Å². The van der Waals surface area contributed by atoms with Gasteiger partial charge in [0.25, 0.3) is 5.91 Å². The normalized spacial score (nSPS) is 11.8. The largest absolute Gasteiger partial charge is 0.345 e. The highest BCUT2D eigenvalue weighted by Gasteiger charge is 2.16. The lowest BCUT2D eigenvalue weighted by molar-refractivity contribution is -0.119. The number of amides is 2. The third-order valence-corrected chi connectivity index (χ3v) is 2.83. The van der Waals surface area contributed by atoms with Gasteiger partial charge in [0, 0.05) is 32.2 Å². The molecule has 1 unspecified atom stereocenters. The second-order valence-electron chi connectivity index (χ2n) is 4.84. The second kappa shape index (κ2) is 7.00. The first-order chi connectivity index (χ1) is 9.36. The predicted molar refractivity (Wildman–Crippen MR) is 76.1 cm³/mol. The average molecular weight is 281 g/mol. The van der Waals surface area contributed by atoms with E-state index in [9.17, 15) is 14.0 Å². The molecule has 0 radical (unpaired) electrons. The molecular formula is C14H20FN3O2. The van der Waals surface area contributed by atoms with Crippen LogP contribution in [0.2, 0.25) is 0 Å². The Labute approximate surface area is 118 Å². The molecule has 0 fully saturated rings. The van der Waals surface area contributed by atoms with Crippen LogP contribution in [0.3, 0.4) is 0 Å². The first-order valence-electron chi connectivity index (χ1n) is 6.33. The summed E-state index contributed by atoms with van der Waals surface area (Å²) < 4.78 is 13.6. The molecule has 0 aliphatic carbocycles. The van der Waals surface area contributed by atoms with E-state index in [0.717, 1.165) is 0 Å². The van der Waals surface area contributed by atoms with Gasteiger partial charge in [-0.15, -0.1) is 0 Å². The summed E-state index contributed by atoms with van der Waals surface area (Å²) in [5, 5.41) is 5.58. The van der Waals surface area contributed by atoms with Crippen LogP contribution in [-0.2, 0) is 4.79 Å². The minimum absolute atomic E-state index is 0.0610. The van der Waals surface area contributed by atoms with Crippen LogP contribution in [0.4, 0.5) is 10.1 Å². The zero-order valence-corrected chi connectivity index (χ0v) is 12.2. The van der Waals surface area contributed by atoms with E-state index >= 15 is 0 Å². The van der Waals surface area contributed by atoms with Gasteiger partial charge in [0.2, 0.25) is 5.91 Å². The van der Waals surface area contributed by atoms with Gasteiger partial charge in [-0.2, -0.15) is 0 Å². The van der Waals surface area contributed by atoms with E-state index in [0.29, 0.717) is 12.2 Å². The van der Waals surface area contributed by atoms with Gasteiger partial charge in [-0.25, -0.2) is 4.39 Å². The quantitative estimate of drug-likeness (QED) is 0.855. The molecule has 2 N–H and O–H groups in total. The summed E-state index contributed by atoms with van der Waals surface area (Å²) in [7, 11) is 4.85. The summed E-state index contributed by atoms with van der Waals surface area (Å²) in [6.45, 7) is 2.32. The van der Waals surface area contributed by atoms with Gasteiger partial charge in [-0.05, 0) is 25.2 Å². The van der Waals surface area contributed by atoms with Crippen molar-refractivity contribution in [3.8, 4) is 0 Å². The molecule has 6 heteroatoms. The molecule has 0 aromatic heterocycles. The lowest BCUT2D eigenvalue weighted by atomic mass is 10.1. The standard InChI is InChI=1S/C14H20FN3O2/c1-9(8-16-2)13(19)17-10-5-6-12(15)11(7-10)14(20)18(3)4/h5-7,9,16H,8H2,1-4H3,(H,17,19). The zero-order chi connectivity index (χ0) is 15.3. The Morgan fingerprint density at radius 2 is 2.00 bits per heavy atom. The van der Waals surface area contributed by atoms with Crippen LogP contribution >= 0.6 is 0 Å². The number of carbonyl (C=O) groups excluding carboxylic acids is 2. The molecule has 0 aliphatic rings. The molecule has 0 saturated carbocycles. The molecule has 1 aromatic carbocycles. The fourth-order valence-corrected chi connectivity index (χ4v) is 1.67. The predicted octanol–water partition coefficient (Wildman–Crippen LogP) is 1.32. The van der Waals surface area contributed by atoms with Crippen LogP contribution in [0.1, 0.15) is 17.3 Å². The number of nitrogens with zero attached hydrogens (tertiary/aromatic N) is 1. The summed E-state index contributed by atoms with van der Waals surface area (Å²) in [6.07, 6.45) is 0. The van der Waals surface area contributed by atoms with Crippen molar-refractivity contribution >= 4 is 17.5 Å². The number of nitrogens with one attached hydrogen (secondary N) is 2. The van der Waals surface area contributed by atoms with Gasteiger partial charge in [0.05, 0.1) is 5.56 Å². The van der Waals surface area contributed by atoms with Gasteiger partial charge in [0.1, 0.15) is 5.82 Å². The van der Waals surface area contributed by atoms with Crippen LogP contribution in [0, 0.1) is 11.7 Å². The molecule has 0 aliphatic heterocycles. The first kappa shape index (κ1) is 16.1. The van der Waals surface area contributed by atoms with E-state index in [2.05, 4.69) is 10.6 Å². The Kier molecular flexibility index (Phi) is 5.64. The Balaban J connectivity index is 2.90. The van der Waals surface area contributed by atoms with E-state index in [1.54, 1.807) is 28.1 Å². The fourth-order valence-electron chi connectivity index (χ4n) is 1.67. The Morgan fingerprint density at radius 1 is 1.35 bits per heavy atom. The van der Waals surface area contributed by atoms with Gasteiger partial charge in [-0.3, -0.25) is 9.59 Å². The van der Waals surface area contributed by atoms with E-state index < -0.39 is 11.7 Å². The molecule has 0 saturated heterocycles. The number of halogens is 1. The maximum absolute atomic E-state index is 13.6. The van der Waals surface area contributed by atoms with Crippen LogP contribution < -0.4 is 10.6 Å². The van der Waals surface area contributed by atoms with E-state index in [1.165, 1.54) is 23.1 Å². The average Bonchev–Trinajstić information content (AvgIpc) is 2.40. The highest BCUT2D eigenvalue weighted by atomic mass is 19.1. The molecular weight excluding hydrogens is 261 g/mol. The van der Waals surface area contributed by atoms with Crippen molar-refractivity contribution in [1.82, 2.24) is 10.2 Å². The third-order valence-electron chi connectivity index (χ3n) is 2.83. The van der Waals surface area contributed by atoms with Crippen LogP contribution in [-0.4, -0.2) is 44.4 Å². The maximum Gasteiger partial charge on any atom is 0.256 e. The molecule has 1 atom stereocenters. The van der Waals surface area contributed by atoms with E-state index in [4.69, 9.17) is 0 Å². The second-order valence-corrected chi connectivity index (χ2v) is 4.84. The van der Waals surface area contributed by atoms with Gasteiger partial charge in [0.15, 0.2) is 0 Å². The highest BCUT2D eigenvalue weighted by molar-refractivity contribution is 5.97. The van der Waals surface area contributed by atoms with E-state index in [1.807, 2.05) is 0 Å². The highest BCUT2D eigenvalue weighted by Crippen LogP contribution is 2.16. The van der Waals surface area contributed by atoms with Gasteiger partial charge >= 0.3 is 0 Å². The SMILES string of the molecule is CNCC(C)C(=O)Nc1ccc(F)c(C(=O)N(C)C)c1. The number of carbonyl (C=O) groups is 2. The van der Waals surface area contributed by atoms with Gasteiger partial charge in [-0.1, -0.05) is 6.92 Å². The molecule has 0 bridgehead atoms. The molecule has 20 heavy (non-hydrogen) atoms. The molecule has 110 valence electrons. The number of hydrogen-bond donors (Lipinski definition) is 2.